The zero-order chi connectivity index (χ0) is 5.86. The molecule has 0 aliphatic rings. The highest BCUT2D eigenvalue weighted by molar-refractivity contribution is 14.1. The third-order valence-electron chi connectivity index (χ3n) is 0.300. The molecule has 0 aromatic rings. The fraction of sp³-hybridized carbons (Fsp3) is 0. The van der Waals surface area contributed by atoms with Gasteiger partial charge in [0.2, 0.25) is 0 Å². The summed E-state index contributed by atoms with van der Waals surface area (Å²) in [5, 5.41) is 7.82. The van der Waals surface area contributed by atoms with E-state index in [0.717, 1.165) is 0 Å². The molecule has 2 nitrogen and oxygen atoms in total. The Bertz CT molecular complexity index is 110. The summed E-state index contributed by atoms with van der Waals surface area (Å²) in [7, 11) is 0. The van der Waals surface area contributed by atoms with Gasteiger partial charge in [-0.15, -0.1) is 0 Å². The molecule has 0 amide bonds. The van der Waals surface area contributed by atoms with Crippen molar-refractivity contribution >= 4 is 40.2 Å². The van der Waals surface area contributed by atoms with E-state index in [0.29, 0.717) is 0 Å². The van der Waals surface area contributed by atoms with Crippen LogP contribution in [-0.2, 0) is 4.79 Å². The normalized spacial score (nSPS) is 11.4. The zero-order valence-electron chi connectivity index (χ0n) is 3.19. The molecule has 0 fully saturated rings. The standard InChI is InChI=1S/C3H2ClIO2/c4-2(1-5)3(6)7/h1H,(H,6,7). The van der Waals surface area contributed by atoms with Gasteiger partial charge in [-0.1, -0.05) is 34.2 Å². The quantitative estimate of drug-likeness (QED) is 0.550. The lowest BCUT2D eigenvalue weighted by molar-refractivity contribution is -0.131. The van der Waals surface area contributed by atoms with E-state index in [2.05, 4.69) is 0 Å². The van der Waals surface area contributed by atoms with Gasteiger partial charge < -0.3 is 5.11 Å². The van der Waals surface area contributed by atoms with Crippen molar-refractivity contribution < 1.29 is 9.90 Å². The Balaban J connectivity index is 3.82. The van der Waals surface area contributed by atoms with Crippen LogP contribution in [0.3, 0.4) is 0 Å². The number of aliphatic carboxylic acids is 1. The Morgan fingerprint density at radius 3 is 2.29 bits per heavy atom. The molecule has 0 aliphatic carbocycles. The fourth-order valence-corrected chi connectivity index (χ4v) is 0.313. The van der Waals surface area contributed by atoms with Crippen molar-refractivity contribution in [3.63, 3.8) is 0 Å². The van der Waals surface area contributed by atoms with Crippen molar-refractivity contribution in [3.05, 3.63) is 9.12 Å². The fourth-order valence-electron chi connectivity index (χ4n) is 0.0467. The van der Waals surface area contributed by atoms with Crippen LogP contribution in [0, 0.1) is 0 Å². The van der Waals surface area contributed by atoms with Crippen molar-refractivity contribution in [3.8, 4) is 0 Å². The molecule has 0 heterocycles. The Morgan fingerprint density at radius 2 is 2.29 bits per heavy atom. The molecule has 0 bridgehead atoms. The van der Waals surface area contributed by atoms with E-state index < -0.39 is 5.97 Å². The van der Waals surface area contributed by atoms with E-state index in [4.69, 9.17) is 16.7 Å². The van der Waals surface area contributed by atoms with Crippen LogP contribution in [0.1, 0.15) is 0 Å². The molecular formula is C3H2ClIO2. The second-order valence-electron chi connectivity index (χ2n) is 0.762. The molecule has 0 aliphatic heterocycles. The van der Waals surface area contributed by atoms with Crippen LogP contribution in [0.25, 0.3) is 0 Å². The average molecular weight is 232 g/mol. The summed E-state index contributed by atoms with van der Waals surface area (Å²) in [5.41, 5.74) is 0. The summed E-state index contributed by atoms with van der Waals surface area (Å²) in [6.45, 7) is 0. The monoisotopic (exact) mass is 232 g/mol. The SMILES string of the molecule is O=C(O)C(Cl)=CI. The first-order valence-corrected chi connectivity index (χ1v) is 3.00. The molecular weight excluding hydrogens is 230 g/mol. The molecule has 0 radical (unpaired) electrons. The predicted octanol–water partition coefficient (Wildman–Crippen LogP) is 1.59. The van der Waals surface area contributed by atoms with Crippen molar-refractivity contribution in [1.29, 1.82) is 0 Å². The van der Waals surface area contributed by atoms with Crippen molar-refractivity contribution in [2.75, 3.05) is 0 Å². The number of rotatable bonds is 1. The summed E-state index contributed by atoms with van der Waals surface area (Å²) < 4.78 is 1.29. The lowest BCUT2D eigenvalue weighted by atomic mass is 10.7. The predicted molar refractivity (Wildman–Crippen MR) is 35.6 cm³/mol. The van der Waals surface area contributed by atoms with E-state index >= 15 is 0 Å². The molecule has 4 heteroatoms. The van der Waals surface area contributed by atoms with Crippen LogP contribution in [0.5, 0.6) is 0 Å². The van der Waals surface area contributed by atoms with E-state index in [1.165, 1.54) is 4.08 Å². The van der Waals surface area contributed by atoms with E-state index in [1.807, 2.05) is 0 Å². The third-order valence-corrected chi connectivity index (χ3v) is 1.56. The topological polar surface area (TPSA) is 37.3 Å². The summed E-state index contributed by atoms with van der Waals surface area (Å²) in [6.07, 6.45) is 0. The van der Waals surface area contributed by atoms with Gasteiger partial charge in [0, 0.05) is 4.08 Å². The van der Waals surface area contributed by atoms with E-state index in [-0.39, 0.29) is 5.03 Å². The molecule has 0 atom stereocenters. The average Bonchev–Trinajstić information content (AvgIpc) is 1.65. The number of hydrogen-bond donors (Lipinski definition) is 1. The molecule has 0 unspecified atom stereocenters. The molecule has 0 rings (SSSR count). The first-order valence-electron chi connectivity index (χ1n) is 1.37. The Morgan fingerprint density at radius 1 is 1.86 bits per heavy atom. The van der Waals surface area contributed by atoms with Crippen LogP contribution in [0.2, 0.25) is 0 Å². The highest BCUT2D eigenvalue weighted by Gasteiger charge is 1.97. The summed E-state index contributed by atoms with van der Waals surface area (Å²) in [4.78, 5) is 9.73. The van der Waals surface area contributed by atoms with Crippen LogP contribution >= 0.6 is 34.2 Å². The largest absolute Gasteiger partial charge is 0.477 e. The van der Waals surface area contributed by atoms with Gasteiger partial charge in [-0.25, -0.2) is 4.79 Å². The van der Waals surface area contributed by atoms with Gasteiger partial charge in [0.15, 0.2) is 0 Å². The number of halogens is 2. The van der Waals surface area contributed by atoms with Crippen LogP contribution < -0.4 is 0 Å². The molecule has 0 aromatic carbocycles. The second kappa shape index (κ2) is 3.26. The molecule has 7 heavy (non-hydrogen) atoms. The second-order valence-corrected chi connectivity index (χ2v) is 1.79. The Labute approximate surface area is 59.3 Å². The summed E-state index contributed by atoms with van der Waals surface area (Å²) in [6, 6.07) is 0. The van der Waals surface area contributed by atoms with E-state index in [1.54, 1.807) is 22.6 Å². The molecule has 40 valence electrons. The Hall–Kier alpha value is 0.230. The Kier molecular flexibility index (Phi) is 3.37. The highest BCUT2D eigenvalue weighted by Crippen LogP contribution is 2.03. The van der Waals surface area contributed by atoms with Crippen molar-refractivity contribution in [1.82, 2.24) is 0 Å². The smallest absolute Gasteiger partial charge is 0.347 e. The van der Waals surface area contributed by atoms with Crippen LogP contribution in [0.15, 0.2) is 9.12 Å². The van der Waals surface area contributed by atoms with E-state index in [9.17, 15) is 4.79 Å². The molecule has 0 saturated heterocycles. The van der Waals surface area contributed by atoms with Gasteiger partial charge in [-0.3, -0.25) is 0 Å². The van der Waals surface area contributed by atoms with Gasteiger partial charge in [-0.05, 0) is 0 Å². The van der Waals surface area contributed by atoms with Gasteiger partial charge in [-0.2, -0.15) is 0 Å². The third kappa shape index (κ3) is 2.87. The van der Waals surface area contributed by atoms with Crippen molar-refractivity contribution in [2.45, 2.75) is 0 Å². The first kappa shape index (κ1) is 7.23. The number of hydrogen-bond acceptors (Lipinski definition) is 1. The molecule has 0 aromatic heterocycles. The highest BCUT2D eigenvalue weighted by atomic mass is 127. The maximum atomic E-state index is 9.73. The van der Waals surface area contributed by atoms with Crippen LogP contribution in [-0.4, -0.2) is 11.1 Å². The summed E-state index contributed by atoms with van der Waals surface area (Å²) >= 11 is 6.81. The lowest BCUT2D eigenvalue weighted by Gasteiger charge is -1.80. The van der Waals surface area contributed by atoms with Gasteiger partial charge in [0.1, 0.15) is 5.03 Å². The zero-order valence-corrected chi connectivity index (χ0v) is 6.10. The molecule has 0 saturated carbocycles. The minimum Gasteiger partial charge on any atom is -0.477 e. The van der Waals surface area contributed by atoms with Gasteiger partial charge in [0.25, 0.3) is 0 Å². The van der Waals surface area contributed by atoms with Gasteiger partial charge in [0.05, 0.1) is 0 Å². The van der Waals surface area contributed by atoms with Gasteiger partial charge >= 0.3 is 5.97 Å². The van der Waals surface area contributed by atoms with Crippen molar-refractivity contribution in [2.24, 2.45) is 0 Å². The number of carboxylic acid groups (broad SMARTS) is 1. The lowest BCUT2D eigenvalue weighted by Crippen LogP contribution is -1.90. The minimum atomic E-state index is -1.09. The number of carboxylic acids is 1. The molecule has 0 spiro atoms. The minimum absolute atomic E-state index is 0.152. The first-order chi connectivity index (χ1) is 3.18. The maximum Gasteiger partial charge on any atom is 0.347 e. The summed E-state index contributed by atoms with van der Waals surface area (Å²) in [5.74, 6) is -1.09. The van der Waals surface area contributed by atoms with Crippen LogP contribution in [0.4, 0.5) is 0 Å². The maximum absolute atomic E-state index is 9.73. The molecule has 1 N–H and O–H groups in total. The number of carbonyl (C=O) groups is 1.